The molecule has 0 fully saturated rings. The molecular formula is C15H22N2O2. The molecule has 0 saturated carbocycles. The zero-order valence-electron chi connectivity index (χ0n) is 12.3. The fraction of sp³-hybridized carbons (Fsp3) is 0.467. The number of aryl methyl sites for hydroxylation is 1. The molecule has 4 nitrogen and oxygen atoms in total. The first-order valence-electron chi connectivity index (χ1n) is 6.38. The fourth-order valence-corrected chi connectivity index (χ4v) is 1.71. The summed E-state index contributed by atoms with van der Waals surface area (Å²) in [5.41, 5.74) is 3.87. The predicted molar refractivity (Wildman–Crippen MR) is 78.4 cm³/mol. The Morgan fingerprint density at radius 1 is 1.21 bits per heavy atom. The third-order valence-corrected chi connectivity index (χ3v) is 2.79. The maximum atomic E-state index is 5.39. The smallest absolute Gasteiger partial charge is 0.142 e. The molecule has 0 aliphatic rings. The fourth-order valence-electron chi connectivity index (χ4n) is 1.71. The quantitative estimate of drug-likeness (QED) is 0.581. The Kier molecular flexibility index (Phi) is 6.06. The lowest BCUT2D eigenvalue weighted by Crippen LogP contribution is -2.18. The van der Waals surface area contributed by atoms with E-state index in [2.05, 4.69) is 23.3 Å². The summed E-state index contributed by atoms with van der Waals surface area (Å²) in [7, 11) is 1.53. The minimum atomic E-state index is 0.241. The Labute approximate surface area is 115 Å². The van der Waals surface area contributed by atoms with Crippen molar-refractivity contribution in [3.05, 3.63) is 35.4 Å². The first-order valence-corrected chi connectivity index (χ1v) is 6.38. The predicted octanol–water partition coefficient (Wildman–Crippen LogP) is 3.55. The molecule has 0 bridgehead atoms. The highest BCUT2D eigenvalue weighted by atomic mass is 16.6. The van der Waals surface area contributed by atoms with E-state index in [-0.39, 0.29) is 5.92 Å². The highest BCUT2D eigenvalue weighted by Gasteiger charge is 2.10. The molecule has 0 unspecified atom stereocenters. The Bertz CT molecular complexity index is 465. The summed E-state index contributed by atoms with van der Waals surface area (Å²) < 4.78 is 0. The average molecular weight is 262 g/mol. The Morgan fingerprint density at radius 3 is 2.47 bits per heavy atom. The van der Waals surface area contributed by atoms with Crippen LogP contribution in [0.4, 0.5) is 0 Å². The SMILES string of the molecule is CO/N=C(/C(C)=N/OCc1ccccc1C)C(C)C. The van der Waals surface area contributed by atoms with Crippen LogP contribution < -0.4 is 0 Å². The third-order valence-electron chi connectivity index (χ3n) is 2.79. The molecule has 0 aromatic heterocycles. The van der Waals surface area contributed by atoms with Gasteiger partial charge in [0.1, 0.15) is 25.1 Å². The van der Waals surface area contributed by atoms with Crippen LogP contribution in [0.1, 0.15) is 31.9 Å². The van der Waals surface area contributed by atoms with Gasteiger partial charge in [0.15, 0.2) is 0 Å². The second kappa shape index (κ2) is 7.56. The topological polar surface area (TPSA) is 43.2 Å². The van der Waals surface area contributed by atoms with E-state index in [4.69, 9.17) is 9.68 Å². The van der Waals surface area contributed by atoms with Crippen LogP contribution in [-0.4, -0.2) is 18.5 Å². The number of hydrogen-bond acceptors (Lipinski definition) is 4. The van der Waals surface area contributed by atoms with Crippen molar-refractivity contribution in [1.29, 1.82) is 0 Å². The van der Waals surface area contributed by atoms with Crippen LogP contribution in [0, 0.1) is 12.8 Å². The van der Waals surface area contributed by atoms with Gasteiger partial charge in [-0.25, -0.2) is 0 Å². The van der Waals surface area contributed by atoms with Gasteiger partial charge in [-0.3, -0.25) is 0 Å². The summed E-state index contributed by atoms with van der Waals surface area (Å²) in [5.74, 6) is 0.241. The maximum Gasteiger partial charge on any atom is 0.142 e. The van der Waals surface area contributed by atoms with Gasteiger partial charge in [0.2, 0.25) is 0 Å². The van der Waals surface area contributed by atoms with Crippen molar-refractivity contribution < 1.29 is 9.68 Å². The minimum absolute atomic E-state index is 0.241. The summed E-state index contributed by atoms with van der Waals surface area (Å²) in [5, 5.41) is 8.08. The lowest BCUT2D eigenvalue weighted by Gasteiger charge is -2.09. The molecule has 0 aliphatic carbocycles. The molecule has 0 N–H and O–H groups in total. The molecule has 1 rings (SSSR count). The molecule has 0 aliphatic heterocycles. The summed E-state index contributed by atoms with van der Waals surface area (Å²) in [4.78, 5) is 10.2. The molecule has 19 heavy (non-hydrogen) atoms. The largest absolute Gasteiger partial charge is 0.399 e. The maximum absolute atomic E-state index is 5.39. The highest BCUT2D eigenvalue weighted by molar-refractivity contribution is 6.41. The van der Waals surface area contributed by atoms with Gasteiger partial charge in [0.05, 0.1) is 0 Å². The van der Waals surface area contributed by atoms with Crippen LogP contribution in [0.5, 0.6) is 0 Å². The zero-order valence-corrected chi connectivity index (χ0v) is 12.3. The minimum Gasteiger partial charge on any atom is -0.399 e. The number of nitrogens with zero attached hydrogens (tertiary/aromatic N) is 2. The zero-order chi connectivity index (χ0) is 14.3. The second-order valence-electron chi connectivity index (χ2n) is 4.69. The van der Waals surface area contributed by atoms with E-state index in [1.165, 1.54) is 12.7 Å². The van der Waals surface area contributed by atoms with Crippen LogP contribution in [0.3, 0.4) is 0 Å². The third kappa shape index (κ3) is 4.73. The van der Waals surface area contributed by atoms with Crippen molar-refractivity contribution in [2.45, 2.75) is 34.3 Å². The van der Waals surface area contributed by atoms with Gasteiger partial charge in [0.25, 0.3) is 0 Å². The molecule has 0 atom stereocenters. The lowest BCUT2D eigenvalue weighted by atomic mass is 10.1. The van der Waals surface area contributed by atoms with Crippen LogP contribution in [0.25, 0.3) is 0 Å². The van der Waals surface area contributed by atoms with Crippen LogP contribution in [-0.2, 0) is 16.3 Å². The summed E-state index contributed by atoms with van der Waals surface area (Å²) in [6.07, 6.45) is 0. The van der Waals surface area contributed by atoms with Gasteiger partial charge >= 0.3 is 0 Å². The first-order chi connectivity index (χ1) is 9.06. The number of oxime groups is 2. The van der Waals surface area contributed by atoms with Crippen molar-refractivity contribution >= 4 is 11.4 Å². The van der Waals surface area contributed by atoms with Gasteiger partial charge in [0, 0.05) is 5.92 Å². The number of rotatable bonds is 6. The van der Waals surface area contributed by atoms with E-state index in [1.807, 2.05) is 39.0 Å². The standard InChI is InChI=1S/C15H22N2O2/c1-11(2)15(17-18-5)13(4)16-19-10-14-9-7-6-8-12(14)3/h6-9,11H,10H2,1-5H3/b16-13+,17-15+. The van der Waals surface area contributed by atoms with Gasteiger partial charge in [-0.2, -0.15) is 0 Å². The van der Waals surface area contributed by atoms with Crippen LogP contribution in [0.15, 0.2) is 34.6 Å². The normalized spacial score (nSPS) is 12.7. The van der Waals surface area contributed by atoms with Crippen molar-refractivity contribution in [2.24, 2.45) is 16.2 Å². The summed E-state index contributed by atoms with van der Waals surface area (Å²) in [6.45, 7) is 8.47. The van der Waals surface area contributed by atoms with E-state index < -0.39 is 0 Å². The van der Waals surface area contributed by atoms with Gasteiger partial charge in [-0.1, -0.05) is 48.4 Å². The van der Waals surface area contributed by atoms with Crippen molar-refractivity contribution in [2.75, 3.05) is 7.11 Å². The Balaban J connectivity index is 2.66. The highest BCUT2D eigenvalue weighted by Crippen LogP contribution is 2.09. The van der Waals surface area contributed by atoms with Crippen molar-refractivity contribution in [3.63, 3.8) is 0 Å². The molecule has 0 radical (unpaired) electrons. The van der Waals surface area contributed by atoms with E-state index in [1.54, 1.807) is 0 Å². The molecule has 0 spiro atoms. The molecule has 4 heteroatoms. The number of benzene rings is 1. The number of hydrogen-bond donors (Lipinski definition) is 0. The molecule has 1 aromatic carbocycles. The second-order valence-corrected chi connectivity index (χ2v) is 4.69. The van der Waals surface area contributed by atoms with Crippen LogP contribution in [0.2, 0.25) is 0 Å². The summed E-state index contributed by atoms with van der Waals surface area (Å²) in [6, 6.07) is 8.09. The van der Waals surface area contributed by atoms with E-state index >= 15 is 0 Å². The Hall–Kier alpha value is -1.84. The van der Waals surface area contributed by atoms with Crippen molar-refractivity contribution in [3.8, 4) is 0 Å². The van der Waals surface area contributed by atoms with E-state index in [0.29, 0.717) is 6.61 Å². The van der Waals surface area contributed by atoms with E-state index in [9.17, 15) is 0 Å². The summed E-state index contributed by atoms with van der Waals surface area (Å²) >= 11 is 0. The Morgan fingerprint density at radius 2 is 1.89 bits per heavy atom. The molecular weight excluding hydrogens is 240 g/mol. The molecule has 0 amide bonds. The molecule has 0 saturated heterocycles. The van der Waals surface area contributed by atoms with E-state index in [0.717, 1.165) is 17.0 Å². The molecule has 0 heterocycles. The van der Waals surface area contributed by atoms with Gasteiger partial charge < -0.3 is 9.68 Å². The van der Waals surface area contributed by atoms with Crippen molar-refractivity contribution in [1.82, 2.24) is 0 Å². The molecule has 104 valence electrons. The van der Waals surface area contributed by atoms with Gasteiger partial charge in [-0.05, 0) is 25.0 Å². The lowest BCUT2D eigenvalue weighted by molar-refractivity contribution is 0.130. The van der Waals surface area contributed by atoms with Gasteiger partial charge in [-0.15, -0.1) is 0 Å². The monoisotopic (exact) mass is 262 g/mol. The van der Waals surface area contributed by atoms with Crippen LogP contribution >= 0.6 is 0 Å². The molecule has 1 aromatic rings. The average Bonchev–Trinajstić information content (AvgIpc) is 2.37. The first kappa shape index (κ1) is 15.2.